The number of nitrogens with zero attached hydrogens (tertiary/aromatic N) is 4. The summed E-state index contributed by atoms with van der Waals surface area (Å²) in [6.45, 7) is 0. The fraction of sp³-hybridized carbons (Fsp3) is 0.0172. The van der Waals surface area contributed by atoms with Crippen LogP contribution >= 0.6 is 11.8 Å². The van der Waals surface area contributed by atoms with Crippen LogP contribution in [0.25, 0.3) is 83.9 Å². The summed E-state index contributed by atoms with van der Waals surface area (Å²) < 4.78 is 2.50. The topological polar surface area (TPSA) is 43.6 Å². The summed E-state index contributed by atoms with van der Waals surface area (Å²) in [5.74, 6) is 1.91. The maximum atomic E-state index is 5.18. The first-order valence-corrected chi connectivity index (χ1v) is 22.2. The van der Waals surface area contributed by atoms with E-state index in [1.165, 1.54) is 70.7 Å². The molecule has 9 aromatic carbocycles. The monoisotopic (exact) mass is 820 g/mol. The minimum absolute atomic E-state index is 0.560. The highest BCUT2D eigenvalue weighted by atomic mass is 32.2. The molecule has 11 aromatic rings. The van der Waals surface area contributed by atoms with Gasteiger partial charge >= 0.3 is 0 Å². The van der Waals surface area contributed by atoms with Crippen molar-refractivity contribution in [3.05, 3.63) is 241 Å². The second-order valence-electron chi connectivity index (χ2n) is 16.3. The Morgan fingerprint density at radius 2 is 0.889 bits per heavy atom. The molecule has 0 bridgehead atoms. The first-order chi connectivity index (χ1) is 31.2. The predicted molar refractivity (Wildman–Crippen MR) is 257 cm³/mol. The molecule has 1 unspecified atom stereocenters. The molecule has 5 heteroatoms. The Morgan fingerprint density at radius 3 is 1.70 bits per heavy atom. The number of hydrogen-bond donors (Lipinski definition) is 0. The second-order valence-corrected chi connectivity index (χ2v) is 17.4. The molecule has 13 rings (SSSR count). The Hall–Kier alpha value is -7.86. The van der Waals surface area contributed by atoms with Gasteiger partial charge in [-0.3, -0.25) is 0 Å². The zero-order valence-corrected chi connectivity index (χ0v) is 34.8. The Labute approximate surface area is 369 Å². The van der Waals surface area contributed by atoms with Crippen LogP contribution in [0.1, 0.15) is 22.3 Å². The highest BCUT2D eigenvalue weighted by Gasteiger charge is 2.49. The van der Waals surface area contributed by atoms with E-state index in [2.05, 4.69) is 199 Å². The van der Waals surface area contributed by atoms with Gasteiger partial charge < -0.3 is 4.57 Å². The average Bonchev–Trinajstić information content (AvgIpc) is 3.71. The Balaban J connectivity index is 1.00. The van der Waals surface area contributed by atoms with Crippen LogP contribution in [0.4, 0.5) is 0 Å². The summed E-state index contributed by atoms with van der Waals surface area (Å²) in [6.07, 6.45) is 0. The number of para-hydroxylation sites is 3. The molecule has 4 heterocycles. The Morgan fingerprint density at radius 1 is 0.365 bits per heavy atom. The fourth-order valence-electron chi connectivity index (χ4n) is 10.2. The van der Waals surface area contributed by atoms with Crippen LogP contribution < -0.4 is 0 Å². The van der Waals surface area contributed by atoms with Crippen LogP contribution in [0.2, 0.25) is 0 Å². The van der Waals surface area contributed by atoms with E-state index < -0.39 is 5.41 Å². The first-order valence-electron chi connectivity index (χ1n) is 21.4. The lowest BCUT2D eigenvalue weighted by molar-refractivity contribution is 0.690. The van der Waals surface area contributed by atoms with Crippen molar-refractivity contribution in [3.8, 4) is 62.1 Å². The van der Waals surface area contributed by atoms with E-state index in [1.54, 1.807) is 0 Å². The number of hydrogen-bond acceptors (Lipinski definition) is 4. The molecule has 0 saturated carbocycles. The van der Waals surface area contributed by atoms with Gasteiger partial charge in [-0.05, 0) is 68.8 Å². The van der Waals surface area contributed by atoms with Crippen molar-refractivity contribution >= 4 is 33.6 Å². The molecule has 0 radical (unpaired) electrons. The van der Waals surface area contributed by atoms with Crippen molar-refractivity contribution in [1.82, 2.24) is 19.5 Å². The van der Waals surface area contributed by atoms with E-state index in [9.17, 15) is 0 Å². The molecule has 0 amide bonds. The van der Waals surface area contributed by atoms with Gasteiger partial charge in [0.2, 0.25) is 0 Å². The summed E-state index contributed by atoms with van der Waals surface area (Å²) in [6, 6.07) is 78.6. The largest absolute Gasteiger partial charge is 0.309 e. The molecule has 2 aromatic heterocycles. The summed E-state index contributed by atoms with van der Waals surface area (Å²) in [7, 11) is 0. The van der Waals surface area contributed by atoms with Crippen molar-refractivity contribution in [2.45, 2.75) is 15.2 Å². The molecular formula is C58H36N4S. The SMILES string of the molecule is c1ccc(-c2ccc(-c3nc(-c4ccccc4)nc(-c4cccc(-c5cccc6c5Sc5ccccc5C65c6ccccc6-n6c7ccccc7c7cccc5c76)c4)n3)cc2)cc1. The van der Waals surface area contributed by atoms with Crippen LogP contribution in [-0.2, 0) is 5.41 Å². The van der Waals surface area contributed by atoms with Crippen LogP contribution in [0.3, 0.4) is 0 Å². The van der Waals surface area contributed by atoms with E-state index in [1.807, 2.05) is 36.0 Å². The third kappa shape index (κ3) is 5.40. The lowest BCUT2D eigenvalue weighted by atomic mass is 9.62. The highest BCUT2D eigenvalue weighted by molar-refractivity contribution is 7.99. The van der Waals surface area contributed by atoms with Gasteiger partial charge in [0, 0.05) is 37.3 Å². The second kappa shape index (κ2) is 14.1. The van der Waals surface area contributed by atoms with E-state index in [0.29, 0.717) is 17.5 Å². The normalized spacial score (nSPS) is 14.7. The molecule has 2 aliphatic rings. The quantitative estimate of drug-likeness (QED) is 0.173. The van der Waals surface area contributed by atoms with Gasteiger partial charge in [0.1, 0.15) is 0 Å². The predicted octanol–water partition coefficient (Wildman–Crippen LogP) is 14.5. The summed E-state index contributed by atoms with van der Waals surface area (Å²) >= 11 is 1.87. The molecular weight excluding hydrogens is 785 g/mol. The molecule has 1 spiro atoms. The fourth-order valence-corrected chi connectivity index (χ4v) is 11.5. The van der Waals surface area contributed by atoms with Crippen molar-refractivity contribution < 1.29 is 0 Å². The third-order valence-corrected chi connectivity index (χ3v) is 14.1. The van der Waals surface area contributed by atoms with E-state index in [-0.39, 0.29) is 0 Å². The van der Waals surface area contributed by atoms with Gasteiger partial charge in [-0.15, -0.1) is 0 Å². The summed E-state index contributed by atoms with van der Waals surface area (Å²) in [4.78, 5) is 17.9. The molecule has 1 atom stereocenters. The Bertz CT molecular complexity index is 3600. The minimum atomic E-state index is -0.560. The zero-order valence-electron chi connectivity index (χ0n) is 34.0. The van der Waals surface area contributed by atoms with Crippen LogP contribution in [-0.4, -0.2) is 19.5 Å². The van der Waals surface area contributed by atoms with Gasteiger partial charge in [0.15, 0.2) is 17.5 Å². The standard InChI is InChI=1S/C58H36N4S/c1-3-16-37(17-4-1)38-32-34-40(35-33-38)56-59-55(39-18-5-2-6-19-39)60-57(61-56)42-21-13-20-41(36-42)43-23-14-28-49-54(43)63-52-31-12-9-26-47(52)58(49)46-25-8-11-30-51(46)62-50-29-10-7-22-44(50)45-24-15-27-48(58)53(45)62/h1-36H. The van der Waals surface area contributed by atoms with Crippen LogP contribution in [0.5, 0.6) is 0 Å². The number of benzene rings is 9. The van der Waals surface area contributed by atoms with Gasteiger partial charge in [0.05, 0.1) is 22.1 Å². The highest BCUT2D eigenvalue weighted by Crippen LogP contribution is 2.61. The molecule has 63 heavy (non-hydrogen) atoms. The van der Waals surface area contributed by atoms with Crippen molar-refractivity contribution in [3.63, 3.8) is 0 Å². The lowest BCUT2D eigenvalue weighted by Crippen LogP contribution is -2.37. The molecule has 0 N–H and O–H groups in total. The van der Waals surface area contributed by atoms with Gasteiger partial charge in [-0.1, -0.05) is 206 Å². The third-order valence-electron chi connectivity index (χ3n) is 12.9. The van der Waals surface area contributed by atoms with Gasteiger partial charge in [-0.2, -0.15) is 0 Å². The number of rotatable bonds is 5. The Kier molecular flexibility index (Phi) is 8.02. The molecule has 4 nitrogen and oxygen atoms in total. The van der Waals surface area contributed by atoms with E-state index in [4.69, 9.17) is 15.0 Å². The molecule has 0 saturated heterocycles. The molecule has 0 fully saturated rings. The molecule has 2 aliphatic heterocycles. The lowest BCUT2D eigenvalue weighted by Gasteiger charge is -2.45. The van der Waals surface area contributed by atoms with Crippen molar-refractivity contribution in [2.75, 3.05) is 0 Å². The van der Waals surface area contributed by atoms with E-state index >= 15 is 0 Å². The van der Waals surface area contributed by atoms with Crippen LogP contribution in [0.15, 0.2) is 228 Å². The van der Waals surface area contributed by atoms with Crippen molar-refractivity contribution in [2.24, 2.45) is 0 Å². The van der Waals surface area contributed by atoms with Gasteiger partial charge in [-0.25, -0.2) is 15.0 Å². The van der Waals surface area contributed by atoms with Gasteiger partial charge in [0.25, 0.3) is 0 Å². The minimum Gasteiger partial charge on any atom is -0.309 e. The van der Waals surface area contributed by atoms with E-state index in [0.717, 1.165) is 27.8 Å². The summed E-state index contributed by atoms with van der Waals surface area (Å²) in [5.41, 5.74) is 15.8. The number of fused-ring (bicyclic) bond motifs is 11. The first kappa shape index (κ1) is 35.9. The molecule has 0 aliphatic carbocycles. The maximum Gasteiger partial charge on any atom is 0.164 e. The number of aromatic nitrogens is 4. The smallest absolute Gasteiger partial charge is 0.164 e. The van der Waals surface area contributed by atoms with Crippen LogP contribution in [0, 0.1) is 0 Å². The van der Waals surface area contributed by atoms with Crippen molar-refractivity contribution in [1.29, 1.82) is 0 Å². The average molecular weight is 821 g/mol. The zero-order chi connectivity index (χ0) is 41.5. The molecule has 294 valence electrons. The summed E-state index contributed by atoms with van der Waals surface area (Å²) in [5, 5.41) is 2.54. The maximum absolute atomic E-state index is 5.18.